The minimum atomic E-state index is -3.83. The molecular formula is C11H15N3O4S. The van der Waals surface area contributed by atoms with Gasteiger partial charge in [-0.2, -0.15) is 0 Å². The van der Waals surface area contributed by atoms with Crippen LogP contribution >= 0.6 is 0 Å². The predicted molar refractivity (Wildman–Crippen MR) is 70.0 cm³/mol. The van der Waals surface area contributed by atoms with E-state index >= 15 is 0 Å². The molecular weight excluding hydrogens is 270 g/mol. The normalized spacial score (nSPS) is 17.1. The minimum absolute atomic E-state index is 0.00102. The van der Waals surface area contributed by atoms with Crippen molar-refractivity contribution in [2.75, 3.05) is 5.73 Å². The van der Waals surface area contributed by atoms with E-state index in [0.717, 1.165) is 18.9 Å². The summed E-state index contributed by atoms with van der Waals surface area (Å²) in [6.45, 7) is 1.78. The molecule has 1 atom stereocenters. The van der Waals surface area contributed by atoms with Crippen molar-refractivity contribution in [2.45, 2.75) is 30.7 Å². The summed E-state index contributed by atoms with van der Waals surface area (Å²) in [6.07, 6.45) is 1.99. The van der Waals surface area contributed by atoms with E-state index in [-0.39, 0.29) is 22.3 Å². The number of nitrogens with one attached hydrogen (secondary N) is 1. The van der Waals surface area contributed by atoms with Crippen LogP contribution in [0.4, 0.5) is 11.4 Å². The zero-order chi connectivity index (χ0) is 14.2. The Morgan fingerprint density at radius 1 is 1.47 bits per heavy atom. The van der Waals surface area contributed by atoms with Gasteiger partial charge in [-0.1, -0.05) is 0 Å². The number of nitro groups is 1. The minimum Gasteiger partial charge on any atom is -0.398 e. The average molecular weight is 285 g/mol. The van der Waals surface area contributed by atoms with Crippen LogP contribution in [0.2, 0.25) is 0 Å². The van der Waals surface area contributed by atoms with Crippen molar-refractivity contribution in [3.63, 3.8) is 0 Å². The first-order valence-corrected chi connectivity index (χ1v) is 7.36. The molecule has 0 aromatic heterocycles. The van der Waals surface area contributed by atoms with Gasteiger partial charge in [-0.05, 0) is 31.7 Å². The molecule has 0 saturated heterocycles. The Bertz CT molecular complexity index is 610. The number of sulfonamides is 1. The van der Waals surface area contributed by atoms with E-state index in [9.17, 15) is 18.5 Å². The molecule has 1 aliphatic rings. The highest BCUT2D eigenvalue weighted by atomic mass is 32.2. The number of benzene rings is 1. The topological polar surface area (TPSA) is 115 Å². The highest BCUT2D eigenvalue weighted by Crippen LogP contribution is 2.33. The third kappa shape index (κ3) is 3.02. The van der Waals surface area contributed by atoms with Crippen molar-refractivity contribution in [3.05, 3.63) is 28.3 Å². The van der Waals surface area contributed by atoms with Gasteiger partial charge in [-0.25, -0.2) is 13.1 Å². The van der Waals surface area contributed by atoms with Gasteiger partial charge in [0.25, 0.3) is 5.69 Å². The van der Waals surface area contributed by atoms with E-state index in [0.29, 0.717) is 5.92 Å². The fraction of sp³-hybridized carbons (Fsp3) is 0.455. The predicted octanol–water partition coefficient (Wildman–Crippen LogP) is 1.25. The van der Waals surface area contributed by atoms with Crippen LogP contribution in [0, 0.1) is 16.0 Å². The Morgan fingerprint density at radius 3 is 2.63 bits per heavy atom. The standard InChI is InChI=1S/C11H15N3O4S/c1-7(8-2-3-8)13-19(17,18)11-6-9(14(15)16)4-5-10(11)12/h4-8,13H,2-3,12H2,1H3. The first-order chi connectivity index (χ1) is 8.81. The Labute approximate surface area is 111 Å². The third-order valence-electron chi connectivity index (χ3n) is 3.17. The second-order valence-electron chi connectivity index (χ2n) is 4.73. The molecule has 1 aromatic rings. The summed E-state index contributed by atoms with van der Waals surface area (Å²) >= 11 is 0. The summed E-state index contributed by atoms with van der Waals surface area (Å²) in [6, 6.07) is 3.20. The van der Waals surface area contributed by atoms with Crippen molar-refractivity contribution in [1.82, 2.24) is 4.72 Å². The lowest BCUT2D eigenvalue weighted by Crippen LogP contribution is -2.34. The second kappa shape index (κ2) is 4.78. The van der Waals surface area contributed by atoms with Gasteiger partial charge in [0.05, 0.1) is 10.6 Å². The second-order valence-corrected chi connectivity index (χ2v) is 6.41. The van der Waals surface area contributed by atoms with Crippen LogP contribution in [0.3, 0.4) is 0 Å². The van der Waals surface area contributed by atoms with Crippen LogP contribution < -0.4 is 10.5 Å². The van der Waals surface area contributed by atoms with E-state index in [1.165, 1.54) is 12.1 Å². The lowest BCUT2D eigenvalue weighted by atomic mass is 10.2. The van der Waals surface area contributed by atoms with Gasteiger partial charge in [0.15, 0.2) is 0 Å². The maximum Gasteiger partial charge on any atom is 0.270 e. The highest BCUT2D eigenvalue weighted by molar-refractivity contribution is 7.89. The summed E-state index contributed by atoms with van der Waals surface area (Å²) in [4.78, 5) is 9.79. The number of nitrogens with two attached hydrogens (primary N) is 1. The molecule has 0 bridgehead atoms. The number of hydrogen-bond donors (Lipinski definition) is 2. The summed E-state index contributed by atoms with van der Waals surface area (Å²) in [7, 11) is -3.83. The van der Waals surface area contributed by atoms with E-state index in [1.54, 1.807) is 6.92 Å². The number of rotatable bonds is 5. The van der Waals surface area contributed by atoms with Gasteiger partial charge in [0.2, 0.25) is 10.0 Å². The quantitative estimate of drug-likeness (QED) is 0.480. The Morgan fingerprint density at radius 2 is 2.11 bits per heavy atom. The molecule has 0 amide bonds. The van der Waals surface area contributed by atoms with Crippen molar-refractivity contribution < 1.29 is 13.3 Å². The van der Waals surface area contributed by atoms with E-state index < -0.39 is 14.9 Å². The summed E-state index contributed by atoms with van der Waals surface area (Å²) in [5, 5.41) is 10.7. The summed E-state index contributed by atoms with van der Waals surface area (Å²) in [5.41, 5.74) is 5.30. The molecule has 1 aromatic carbocycles. The van der Waals surface area contributed by atoms with Crippen LogP contribution in [0.1, 0.15) is 19.8 Å². The number of nitrogens with zero attached hydrogens (tertiary/aromatic N) is 1. The number of non-ortho nitro benzene ring substituents is 1. The molecule has 3 N–H and O–H groups in total. The van der Waals surface area contributed by atoms with Crippen molar-refractivity contribution in [3.8, 4) is 0 Å². The van der Waals surface area contributed by atoms with Gasteiger partial charge >= 0.3 is 0 Å². The molecule has 1 saturated carbocycles. The van der Waals surface area contributed by atoms with Crippen LogP contribution in [0.15, 0.2) is 23.1 Å². The van der Waals surface area contributed by atoms with Gasteiger partial charge in [0, 0.05) is 18.2 Å². The van der Waals surface area contributed by atoms with Crippen LogP contribution in [-0.2, 0) is 10.0 Å². The van der Waals surface area contributed by atoms with Gasteiger partial charge in [0.1, 0.15) is 4.90 Å². The molecule has 7 nitrogen and oxygen atoms in total. The lowest BCUT2D eigenvalue weighted by molar-refractivity contribution is -0.385. The molecule has 0 aliphatic heterocycles. The molecule has 2 rings (SSSR count). The van der Waals surface area contributed by atoms with Gasteiger partial charge < -0.3 is 5.73 Å². The first kappa shape index (κ1) is 13.8. The Hall–Kier alpha value is -1.67. The van der Waals surface area contributed by atoms with E-state index in [2.05, 4.69) is 4.72 Å². The molecule has 1 aliphatic carbocycles. The van der Waals surface area contributed by atoms with Gasteiger partial charge in [-0.3, -0.25) is 10.1 Å². The third-order valence-corrected chi connectivity index (χ3v) is 4.78. The van der Waals surface area contributed by atoms with Crippen molar-refractivity contribution >= 4 is 21.4 Å². The molecule has 0 spiro atoms. The molecule has 19 heavy (non-hydrogen) atoms. The molecule has 8 heteroatoms. The monoisotopic (exact) mass is 285 g/mol. The SMILES string of the molecule is CC(NS(=O)(=O)c1cc([N+](=O)[O-])ccc1N)C1CC1. The van der Waals surface area contributed by atoms with Gasteiger partial charge in [-0.15, -0.1) is 0 Å². The number of hydrogen-bond acceptors (Lipinski definition) is 5. The number of nitrogen functional groups attached to an aromatic ring is 1. The molecule has 0 radical (unpaired) electrons. The summed E-state index contributed by atoms with van der Waals surface area (Å²) in [5.74, 6) is 0.342. The largest absolute Gasteiger partial charge is 0.398 e. The smallest absolute Gasteiger partial charge is 0.270 e. The first-order valence-electron chi connectivity index (χ1n) is 5.87. The lowest BCUT2D eigenvalue weighted by Gasteiger charge is -2.14. The van der Waals surface area contributed by atoms with Crippen LogP contribution in [0.25, 0.3) is 0 Å². The summed E-state index contributed by atoms with van der Waals surface area (Å²) < 4.78 is 26.8. The molecule has 0 heterocycles. The Kier molecular flexibility index (Phi) is 3.46. The van der Waals surface area contributed by atoms with Crippen LogP contribution in [-0.4, -0.2) is 19.4 Å². The molecule has 1 fully saturated rings. The van der Waals surface area contributed by atoms with Crippen molar-refractivity contribution in [1.29, 1.82) is 0 Å². The maximum atomic E-state index is 12.2. The van der Waals surface area contributed by atoms with Crippen molar-refractivity contribution in [2.24, 2.45) is 5.92 Å². The average Bonchev–Trinajstić information content (AvgIpc) is 3.11. The number of anilines is 1. The maximum absolute atomic E-state index is 12.2. The fourth-order valence-electron chi connectivity index (χ4n) is 1.87. The van der Waals surface area contributed by atoms with E-state index in [4.69, 9.17) is 5.73 Å². The molecule has 104 valence electrons. The molecule has 1 unspecified atom stereocenters. The van der Waals surface area contributed by atoms with E-state index in [1.807, 2.05) is 0 Å². The number of nitro benzene ring substituents is 1. The zero-order valence-electron chi connectivity index (χ0n) is 10.4. The fourth-order valence-corrected chi connectivity index (χ4v) is 3.33. The van der Waals surface area contributed by atoms with Crippen LogP contribution in [0.5, 0.6) is 0 Å². The zero-order valence-corrected chi connectivity index (χ0v) is 11.2. The highest BCUT2D eigenvalue weighted by Gasteiger charge is 2.32. The Balaban J connectivity index is 2.33.